The van der Waals surface area contributed by atoms with E-state index in [4.69, 9.17) is 9.31 Å². The second-order valence-electron chi connectivity index (χ2n) is 14.5. The Morgan fingerprint density at radius 1 is 0.531 bits per heavy atom. The van der Waals surface area contributed by atoms with Crippen molar-refractivity contribution in [2.75, 3.05) is 0 Å². The first kappa shape index (κ1) is 34.0. The van der Waals surface area contributed by atoms with E-state index in [1.54, 1.807) is 11.3 Å². The third kappa shape index (κ3) is 7.51. The van der Waals surface area contributed by atoms with Crippen molar-refractivity contribution >= 4 is 76.3 Å². The van der Waals surface area contributed by atoms with Gasteiger partial charge in [-0.3, -0.25) is 0 Å². The van der Waals surface area contributed by atoms with Crippen molar-refractivity contribution < 1.29 is 9.31 Å². The van der Waals surface area contributed by atoms with E-state index >= 15 is 0 Å². The summed E-state index contributed by atoms with van der Waals surface area (Å²) in [6.07, 6.45) is 9.40. The monoisotopic (exact) mass is 682 g/mol. The van der Waals surface area contributed by atoms with E-state index in [9.17, 15) is 0 Å². The molecule has 2 nitrogen and oxygen atoms in total. The van der Waals surface area contributed by atoms with Crippen LogP contribution in [0.2, 0.25) is 0 Å². The lowest BCUT2D eigenvalue weighted by atomic mass is 9.87. The van der Waals surface area contributed by atoms with E-state index in [1.165, 1.54) is 103 Å². The Morgan fingerprint density at radius 3 is 1.63 bits per heavy atom. The van der Waals surface area contributed by atoms with E-state index in [0.717, 1.165) is 4.78 Å². The first-order valence-corrected chi connectivity index (χ1v) is 19.6. The first-order chi connectivity index (χ1) is 23.7. The summed E-state index contributed by atoms with van der Waals surface area (Å²) < 4.78 is 16.1. The summed E-state index contributed by atoms with van der Waals surface area (Å²) in [6.45, 7) is 10.6. The van der Waals surface area contributed by atoms with Crippen LogP contribution in [0, 0.1) is 0 Å². The molecule has 8 rings (SSSR count). The number of fused-ring (bicyclic) bond motifs is 4. The number of thiophene rings is 2. The minimum absolute atomic E-state index is 0.273. The Labute approximate surface area is 300 Å². The fourth-order valence-electron chi connectivity index (χ4n) is 6.64. The van der Waals surface area contributed by atoms with E-state index in [0.29, 0.717) is 0 Å². The number of aryl methyl sites for hydroxylation is 1. The maximum atomic E-state index is 6.17. The Hall–Kier alpha value is -3.48. The molecule has 0 spiro atoms. The summed E-state index contributed by atoms with van der Waals surface area (Å²) >= 11 is 3.66. The first-order valence-electron chi connectivity index (χ1n) is 18.0. The van der Waals surface area contributed by atoms with Crippen LogP contribution in [0.5, 0.6) is 0 Å². The van der Waals surface area contributed by atoms with Gasteiger partial charge in [-0.25, -0.2) is 0 Å². The molecular formula is C44H47BO2S2. The lowest BCUT2D eigenvalue weighted by Gasteiger charge is -2.32. The van der Waals surface area contributed by atoms with E-state index < -0.39 is 0 Å². The maximum Gasteiger partial charge on any atom is 0.505 e. The number of hydrogen-bond donors (Lipinski definition) is 0. The van der Waals surface area contributed by atoms with E-state index in [2.05, 4.69) is 144 Å². The molecule has 250 valence electrons. The average Bonchev–Trinajstić information content (AvgIpc) is 3.77. The summed E-state index contributed by atoms with van der Waals surface area (Å²) in [6, 6.07) is 40.0. The second kappa shape index (κ2) is 14.4. The van der Waals surface area contributed by atoms with Gasteiger partial charge in [-0.2, -0.15) is 0 Å². The molecule has 7 aromatic rings. The summed E-state index contributed by atoms with van der Waals surface area (Å²) in [5, 5.41) is 7.81. The topological polar surface area (TPSA) is 18.5 Å². The number of unbranched alkanes of at least 4 members (excludes halogenated alkanes) is 5. The zero-order chi connectivity index (χ0) is 34.0. The Bertz CT molecular complexity index is 2070. The predicted octanol–water partition coefficient (Wildman–Crippen LogP) is 13.0. The van der Waals surface area contributed by atoms with Gasteiger partial charge in [-0.1, -0.05) is 112 Å². The maximum absolute atomic E-state index is 6.17. The molecule has 0 saturated carbocycles. The molecule has 0 N–H and O–H groups in total. The van der Waals surface area contributed by atoms with Crippen molar-refractivity contribution in [1.82, 2.24) is 0 Å². The highest BCUT2D eigenvalue weighted by Crippen LogP contribution is 2.38. The molecular weight excluding hydrogens is 635 g/mol. The van der Waals surface area contributed by atoms with Gasteiger partial charge in [0.2, 0.25) is 0 Å². The normalized spacial score (nSPS) is 15.3. The summed E-state index contributed by atoms with van der Waals surface area (Å²) in [5.74, 6) is 0. The van der Waals surface area contributed by atoms with E-state index in [1.807, 2.05) is 11.3 Å². The minimum Gasteiger partial charge on any atom is -0.399 e. The average molecular weight is 683 g/mol. The fraction of sp³-hybridized carbons (Fsp3) is 0.318. The minimum atomic E-state index is -0.293. The highest BCUT2D eigenvalue weighted by Gasteiger charge is 2.52. The van der Waals surface area contributed by atoms with Crippen LogP contribution < -0.4 is 4.78 Å². The summed E-state index contributed by atoms with van der Waals surface area (Å²) in [7, 11) is -0.273. The zero-order valence-corrected chi connectivity index (χ0v) is 31.2. The van der Waals surface area contributed by atoms with Crippen LogP contribution in [-0.4, -0.2) is 18.3 Å². The fourth-order valence-corrected chi connectivity index (χ4v) is 8.79. The molecule has 0 aliphatic carbocycles. The van der Waals surface area contributed by atoms with Crippen LogP contribution >= 0.6 is 22.7 Å². The molecule has 0 atom stereocenters. The van der Waals surface area contributed by atoms with Gasteiger partial charge in [0.05, 0.1) is 11.2 Å². The molecule has 1 fully saturated rings. The van der Waals surface area contributed by atoms with Gasteiger partial charge >= 0.3 is 7.12 Å². The van der Waals surface area contributed by atoms with Gasteiger partial charge in [-0.15, -0.1) is 22.7 Å². The van der Waals surface area contributed by atoms with Crippen molar-refractivity contribution in [3.8, 4) is 10.4 Å². The second-order valence-corrected chi connectivity index (χ2v) is 16.7. The third-order valence-electron chi connectivity index (χ3n) is 10.3. The Kier molecular flexibility index (Phi) is 9.99. The highest BCUT2D eigenvalue weighted by molar-refractivity contribution is 7.28. The molecule has 0 amide bonds. The largest absolute Gasteiger partial charge is 0.505 e. The lowest BCUT2D eigenvalue weighted by Crippen LogP contribution is -2.41. The standard InChI is InChI=1S/C26H28S.C18H19BO2S/c1-2-3-4-5-6-7-10-20-13-15-21(16-14-20)25-19-24-17-22-11-8-9-12-23(22)18-26(24)27-25;1-17(2)18(3,4)21-19(20-17)16-11-14-9-12-7-5-6-8-13(12)10-15(14)22-16/h8-9,11-19H,2-7,10H2,1H3;5-11H,1-4H3. The van der Waals surface area contributed by atoms with Gasteiger partial charge < -0.3 is 9.31 Å². The molecule has 0 bridgehead atoms. The van der Waals surface area contributed by atoms with Gasteiger partial charge in [0.15, 0.2) is 0 Å². The Balaban J connectivity index is 0.000000157. The quantitative estimate of drug-likeness (QED) is 0.111. The van der Waals surface area contributed by atoms with E-state index in [-0.39, 0.29) is 18.3 Å². The molecule has 0 unspecified atom stereocenters. The van der Waals surface area contributed by atoms with Crippen LogP contribution in [0.4, 0.5) is 0 Å². The van der Waals surface area contributed by atoms with Gasteiger partial charge in [-0.05, 0) is 120 Å². The van der Waals surface area contributed by atoms with Gasteiger partial charge in [0.1, 0.15) is 0 Å². The molecule has 3 heterocycles. The SMILES string of the molecule is CC1(C)OB(c2cc3cc4ccccc4cc3s2)OC1(C)C.CCCCCCCCc1ccc(-c2cc3cc4ccccc4cc3s2)cc1. The van der Waals surface area contributed by atoms with Crippen LogP contribution in [0.3, 0.4) is 0 Å². The smallest absolute Gasteiger partial charge is 0.399 e. The number of benzene rings is 5. The van der Waals surface area contributed by atoms with Crippen molar-refractivity contribution in [3.63, 3.8) is 0 Å². The molecule has 49 heavy (non-hydrogen) atoms. The van der Waals surface area contributed by atoms with Gasteiger partial charge in [0.25, 0.3) is 0 Å². The predicted molar refractivity (Wildman–Crippen MR) is 217 cm³/mol. The molecule has 1 aliphatic rings. The van der Waals surface area contributed by atoms with Crippen LogP contribution in [0.25, 0.3) is 52.2 Å². The molecule has 1 saturated heterocycles. The number of hydrogen-bond acceptors (Lipinski definition) is 4. The summed E-state index contributed by atoms with van der Waals surface area (Å²) in [5.41, 5.74) is 2.23. The van der Waals surface area contributed by atoms with Crippen molar-refractivity contribution in [2.24, 2.45) is 0 Å². The van der Waals surface area contributed by atoms with Crippen molar-refractivity contribution in [2.45, 2.75) is 90.8 Å². The summed E-state index contributed by atoms with van der Waals surface area (Å²) in [4.78, 5) is 1.37. The van der Waals surface area contributed by atoms with Crippen molar-refractivity contribution in [1.29, 1.82) is 0 Å². The molecule has 5 aromatic carbocycles. The lowest BCUT2D eigenvalue weighted by molar-refractivity contribution is 0.00578. The zero-order valence-electron chi connectivity index (χ0n) is 29.6. The Morgan fingerprint density at radius 2 is 1.04 bits per heavy atom. The number of rotatable bonds is 9. The molecule has 5 heteroatoms. The van der Waals surface area contributed by atoms with Crippen LogP contribution in [0.15, 0.2) is 109 Å². The highest BCUT2D eigenvalue weighted by atomic mass is 32.1. The van der Waals surface area contributed by atoms with Crippen molar-refractivity contribution in [3.05, 3.63) is 115 Å². The third-order valence-corrected chi connectivity index (χ3v) is 12.6. The molecule has 1 aliphatic heterocycles. The van der Waals surface area contributed by atoms with Crippen LogP contribution in [0.1, 0.15) is 78.7 Å². The van der Waals surface area contributed by atoms with Crippen LogP contribution in [-0.2, 0) is 15.7 Å². The van der Waals surface area contributed by atoms with Gasteiger partial charge in [0, 0.05) is 19.1 Å². The molecule has 0 radical (unpaired) electrons. The molecule has 2 aromatic heterocycles.